The molecule has 1 aliphatic carbocycles. The molecule has 0 bridgehead atoms. The summed E-state index contributed by atoms with van der Waals surface area (Å²) in [5.41, 5.74) is 0.923. The Balaban J connectivity index is 1.60. The first kappa shape index (κ1) is 14.9. The molecule has 0 aromatic carbocycles. The second-order valence-corrected chi connectivity index (χ2v) is 8.10. The lowest BCUT2D eigenvalue weighted by atomic mass is 9.81. The summed E-state index contributed by atoms with van der Waals surface area (Å²) in [6, 6.07) is -0.0134. The van der Waals surface area contributed by atoms with E-state index in [9.17, 15) is 13.2 Å². The van der Waals surface area contributed by atoms with Gasteiger partial charge in [-0.3, -0.25) is 4.79 Å². The van der Waals surface area contributed by atoms with Crippen LogP contribution in [0.1, 0.15) is 29.0 Å². The van der Waals surface area contributed by atoms with Gasteiger partial charge in [0.05, 0.1) is 5.75 Å². The van der Waals surface area contributed by atoms with Crippen LogP contribution >= 0.6 is 0 Å². The Morgan fingerprint density at radius 1 is 1.45 bits per heavy atom. The number of hydrogen-bond acceptors (Lipinski definition) is 6. The second-order valence-electron chi connectivity index (χ2n) is 5.91. The van der Waals surface area contributed by atoms with Crippen molar-refractivity contribution in [2.24, 2.45) is 5.92 Å². The molecule has 0 saturated heterocycles. The van der Waals surface area contributed by atoms with Crippen LogP contribution in [0.4, 0.5) is 0 Å². The highest BCUT2D eigenvalue weighted by atomic mass is 32.2. The molecule has 3 rings (SSSR count). The number of amides is 1. The molecule has 118 valence electrons. The highest BCUT2D eigenvalue weighted by molar-refractivity contribution is 7.90. The first-order valence-electron chi connectivity index (χ1n) is 6.98. The van der Waals surface area contributed by atoms with Gasteiger partial charge in [-0.15, -0.1) is 5.10 Å². The van der Waals surface area contributed by atoms with Gasteiger partial charge in [0.2, 0.25) is 5.82 Å². The van der Waals surface area contributed by atoms with Crippen LogP contribution in [0.5, 0.6) is 0 Å². The van der Waals surface area contributed by atoms with E-state index in [1.807, 2.05) is 6.92 Å². The summed E-state index contributed by atoms with van der Waals surface area (Å²) in [7, 11) is -2.96. The molecule has 1 N–H and O–H groups in total. The average molecular weight is 323 g/mol. The maximum absolute atomic E-state index is 12.1. The van der Waals surface area contributed by atoms with Crippen LogP contribution in [0.2, 0.25) is 0 Å². The van der Waals surface area contributed by atoms with E-state index in [-0.39, 0.29) is 29.4 Å². The summed E-state index contributed by atoms with van der Waals surface area (Å²) in [5, 5.41) is 6.92. The maximum Gasteiger partial charge on any atom is 0.291 e. The standard InChI is InChI=1S/C13H17N5O3S/c1-8-5-14-13-16-11(17-18(13)6-8)12(19)15-10-3-9(4-10)7-22(2,20)21/h5-6,9-10H,3-4,7H2,1-2H3,(H,15,19). The number of aromatic nitrogens is 4. The molecule has 0 unspecified atom stereocenters. The fraction of sp³-hybridized carbons (Fsp3) is 0.538. The van der Waals surface area contributed by atoms with Gasteiger partial charge in [-0.05, 0) is 31.2 Å². The lowest BCUT2D eigenvalue weighted by Crippen LogP contribution is -2.46. The van der Waals surface area contributed by atoms with Crippen LogP contribution in [-0.2, 0) is 9.84 Å². The molecule has 2 heterocycles. The van der Waals surface area contributed by atoms with Crippen LogP contribution in [0.25, 0.3) is 5.78 Å². The highest BCUT2D eigenvalue weighted by Gasteiger charge is 2.33. The van der Waals surface area contributed by atoms with Gasteiger partial charge in [-0.1, -0.05) is 0 Å². The average Bonchev–Trinajstić information content (AvgIpc) is 2.77. The Bertz CT molecular complexity index is 823. The van der Waals surface area contributed by atoms with E-state index in [0.29, 0.717) is 18.6 Å². The number of carbonyl (C=O) groups excluding carboxylic acids is 1. The van der Waals surface area contributed by atoms with Crippen molar-refractivity contribution in [1.82, 2.24) is 24.9 Å². The summed E-state index contributed by atoms with van der Waals surface area (Å²) in [5.74, 6) is 0.392. The van der Waals surface area contributed by atoms with Crippen LogP contribution in [0, 0.1) is 12.8 Å². The van der Waals surface area contributed by atoms with E-state index in [2.05, 4.69) is 20.4 Å². The summed E-state index contributed by atoms with van der Waals surface area (Å²) >= 11 is 0. The predicted molar refractivity (Wildman–Crippen MR) is 79.2 cm³/mol. The molecule has 0 radical (unpaired) electrons. The first-order chi connectivity index (χ1) is 10.3. The van der Waals surface area contributed by atoms with Gasteiger partial charge in [-0.2, -0.15) is 4.98 Å². The third-order valence-corrected chi connectivity index (χ3v) is 4.71. The molecule has 22 heavy (non-hydrogen) atoms. The monoisotopic (exact) mass is 323 g/mol. The fourth-order valence-corrected chi connectivity index (χ4v) is 3.77. The summed E-state index contributed by atoms with van der Waals surface area (Å²) < 4.78 is 23.9. The quantitative estimate of drug-likeness (QED) is 0.848. The number of nitrogens with zero attached hydrogens (tertiary/aromatic N) is 4. The number of aryl methyl sites for hydroxylation is 1. The molecule has 1 aliphatic rings. The van der Waals surface area contributed by atoms with Gasteiger partial charge >= 0.3 is 0 Å². The molecule has 0 atom stereocenters. The maximum atomic E-state index is 12.1. The molecule has 2 aromatic rings. The molecule has 0 spiro atoms. The van der Waals surface area contributed by atoms with Gasteiger partial charge in [0, 0.05) is 24.7 Å². The summed E-state index contributed by atoms with van der Waals surface area (Å²) in [6.45, 7) is 1.88. The molecule has 1 fully saturated rings. The minimum atomic E-state index is -2.96. The Hall–Kier alpha value is -2.03. The topological polar surface area (TPSA) is 106 Å². The highest BCUT2D eigenvalue weighted by Crippen LogP contribution is 2.28. The Kier molecular flexibility index (Phi) is 3.59. The zero-order valence-corrected chi connectivity index (χ0v) is 13.2. The Morgan fingerprint density at radius 3 is 2.86 bits per heavy atom. The number of carbonyl (C=O) groups is 1. The van der Waals surface area contributed by atoms with Crippen LogP contribution in [-0.4, -0.2) is 52.0 Å². The second kappa shape index (κ2) is 5.31. The van der Waals surface area contributed by atoms with Gasteiger partial charge in [0.1, 0.15) is 9.84 Å². The van der Waals surface area contributed by atoms with Gasteiger partial charge < -0.3 is 5.32 Å². The minimum absolute atomic E-state index is 0.0134. The number of hydrogen-bond donors (Lipinski definition) is 1. The third-order valence-electron chi connectivity index (χ3n) is 3.64. The van der Waals surface area contributed by atoms with Crippen molar-refractivity contribution in [3.05, 3.63) is 23.8 Å². The van der Waals surface area contributed by atoms with E-state index < -0.39 is 9.84 Å². The van der Waals surface area contributed by atoms with Crippen molar-refractivity contribution >= 4 is 21.5 Å². The first-order valence-corrected chi connectivity index (χ1v) is 9.04. The predicted octanol–water partition coefficient (Wildman–Crippen LogP) is -0.0143. The van der Waals surface area contributed by atoms with E-state index in [0.717, 1.165) is 5.56 Å². The number of fused-ring (bicyclic) bond motifs is 1. The van der Waals surface area contributed by atoms with E-state index >= 15 is 0 Å². The normalized spacial score (nSPS) is 21.5. The fourth-order valence-electron chi connectivity index (χ4n) is 2.64. The molecule has 2 aromatic heterocycles. The van der Waals surface area contributed by atoms with E-state index in [4.69, 9.17) is 0 Å². The molecular formula is C13H17N5O3S. The van der Waals surface area contributed by atoms with Crippen molar-refractivity contribution in [3.8, 4) is 0 Å². The van der Waals surface area contributed by atoms with Gasteiger partial charge in [-0.25, -0.2) is 17.9 Å². The van der Waals surface area contributed by atoms with Crippen molar-refractivity contribution in [1.29, 1.82) is 0 Å². The SMILES string of the molecule is Cc1cnc2nc(C(=O)NC3CC(CS(C)(=O)=O)C3)nn2c1. The van der Waals surface area contributed by atoms with E-state index in [1.165, 1.54) is 10.8 Å². The Morgan fingerprint density at radius 2 is 2.18 bits per heavy atom. The molecule has 0 aliphatic heterocycles. The molecule has 8 nitrogen and oxygen atoms in total. The Labute approximate surface area is 127 Å². The molecule has 9 heteroatoms. The van der Waals surface area contributed by atoms with Crippen LogP contribution < -0.4 is 5.32 Å². The zero-order chi connectivity index (χ0) is 15.9. The zero-order valence-electron chi connectivity index (χ0n) is 12.4. The minimum Gasteiger partial charge on any atom is -0.347 e. The number of nitrogens with one attached hydrogen (secondary N) is 1. The van der Waals surface area contributed by atoms with Crippen LogP contribution in [0.15, 0.2) is 12.4 Å². The van der Waals surface area contributed by atoms with Crippen molar-refractivity contribution < 1.29 is 13.2 Å². The lowest BCUT2D eigenvalue weighted by Gasteiger charge is -2.34. The number of sulfone groups is 1. The smallest absolute Gasteiger partial charge is 0.291 e. The largest absolute Gasteiger partial charge is 0.347 e. The van der Waals surface area contributed by atoms with Crippen molar-refractivity contribution in [2.45, 2.75) is 25.8 Å². The summed E-state index contributed by atoms with van der Waals surface area (Å²) in [6.07, 6.45) is 5.98. The lowest BCUT2D eigenvalue weighted by molar-refractivity contribution is 0.0886. The van der Waals surface area contributed by atoms with Crippen molar-refractivity contribution in [3.63, 3.8) is 0 Å². The van der Waals surface area contributed by atoms with Crippen LogP contribution in [0.3, 0.4) is 0 Å². The van der Waals surface area contributed by atoms with Gasteiger partial charge in [0.15, 0.2) is 0 Å². The molecule has 1 saturated carbocycles. The third kappa shape index (κ3) is 3.24. The van der Waals surface area contributed by atoms with Gasteiger partial charge in [0.25, 0.3) is 11.7 Å². The van der Waals surface area contributed by atoms with E-state index in [1.54, 1.807) is 12.4 Å². The molecular weight excluding hydrogens is 306 g/mol. The van der Waals surface area contributed by atoms with Crippen molar-refractivity contribution in [2.75, 3.05) is 12.0 Å². The number of rotatable bonds is 4. The molecule has 1 amide bonds. The summed E-state index contributed by atoms with van der Waals surface area (Å²) in [4.78, 5) is 20.3.